The van der Waals surface area contributed by atoms with Crippen molar-refractivity contribution in [3.05, 3.63) is 46.4 Å². The summed E-state index contributed by atoms with van der Waals surface area (Å²) in [6.45, 7) is 6.83. The van der Waals surface area contributed by atoms with Crippen LogP contribution in [0.2, 0.25) is 0 Å². The van der Waals surface area contributed by atoms with E-state index in [1.165, 1.54) is 0 Å². The minimum absolute atomic E-state index is 0.0141. The van der Waals surface area contributed by atoms with Crippen LogP contribution >= 0.6 is 15.9 Å². The lowest BCUT2D eigenvalue weighted by molar-refractivity contribution is 0.102. The van der Waals surface area contributed by atoms with Crippen LogP contribution in [-0.4, -0.2) is 35.9 Å². The first-order valence-electron chi connectivity index (χ1n) is 9.52. The highest BCUT2D eigenvalue weighted by Gasteiger charge is 2.20. The van der Waals surface area contributed by atoms with E-state index in [1.54, 1.807) is 12.1 Å². The van der Waals surface area contributed by atoms with E-state index in [-0.39, 0.29) is 6.01 Å². The van der Waals surface area contributed by atoms with Crippen molar-refractivity contribution in [3.8, 4) is 28.7 Å². The van der Waals surface area contributed by atoms with Crippen molar-refractivity contribution in [2.75, 3.05) is 25.1 Å². The number of amides is 1. The minimum atomic E-state index is -0.440. The van der Waals surface area contributed by atoms with Crippen LogP contribution in [0.4, 0.5) is 6.01 Å². The Morgan fingerprint density at radius 3 is 2.27 bits per heavy atom. The Balaban J connectivity index is 1.86. The molecule has 0 spiro atoms. The summed E-state index contributed by atoms with van der Waals surface area (Å²) in [4.78, 5) is 12.8. The van der Waals surface area contributed by atoms with Gasteiger partial charge in [0, 0.05) is 15.6 Å². The average molecular weight is 476 g/mol. The van der Waals surface area contributed by atoms with Crippen molar-refractivity contribution in [3.63, 3.8) is 0 Å². The highest BCUT2D eigenvalue weighted by Crippen LogP contribution is 2.39. The Morgan fingerprint density at radius 2 is 1.67 bits per heavy atom. The molecule has 1 N–H and O–H groups in total. The van der Waals surface area contributed by atoms with E-state index >= 15 is 0 Å². The van der Waals surface area contributed by atoms with Gasteiger partial charge in [-0.25, -0.2) is 0 Å². The summed E-state index contributed by atoms with van der Waals surface area (Å²) in [5.41, 5.74) is 1.04. The molecule has 0 saturated heterocycles. The lowest BCUT2D eigenvalue weighted by atomic mass is 10.1. The molecule has 0 unspecified atom stereocenters. The molecule has 0 aliphatic heterocycles. The molecule has 0 radical (unpaired) electrons. The molecule has 0 bridgehead atoms. The molecule has 0 saturated carbocycles. The maximum atomic E-state index is 12.8. The van der Waals surface area contributed by atoms with E-state index in [0.717, 1.165) is 10.0 Å². The summed E-state index contributed by atoms with van der Waals surface area (Å²) in [7, 11) is 0. The molecule has 0 atom stereocenters. The number of nitrogens with zero attached hydrogens (tertiary/aromatic N) is 2. The molecule has 30 heavy (non-hydrogen) atoms. The summed E-state index contributed by atoms with van der Waals surface area (Å²) in [5.74, 6) is 1.17. The van der Waals surface area contributed by atoms with E-state index < -0.39 is 5.91 Å². The number of hydrogen-bond donors (Lipinski definition) is 1. The Kier molecular flexibility index (Phi) is 7.29. The first kappa shape index (κ1) is 21.6. The van der Waals surface area contributed by atoms with Crippen molar-refractivity contribution < 1.29 is 23.4 Å². The third-order valence-corrected chi connectivity index (χ3v) is 4.38. The van der Waals surface area contributed by atoms with Gasteiger partial charge in [-0.15, -0.1) is 5.10 Å². The Morgan fingerprint density at radius 1 is 1.00 bits per heavy atom. The molecular weight excluding hydrogens is 454 g/mol. The SMILES string of the molecule is CCOc1cc(C(=O)Nc2nnc(-c3cccc(Br)c3)o2)cc(OCC)c1OCC. The Bertz CT molecular complexity index is 994. The van der Waals surface area contributed by atoms with E-state index in [9.17, 15) is 4.79 Å². The van der Waals surface area contributed by atoms with Gasteiger partial charge >= 0.3 is 6.01 Å². The predicted octanol–water partition coefficient (Wildman–Crippen LogP) is 4.95. The van der Waals surface area contributed by atoms with Gasteiger partial charge in [-0.1, -0.05) is 27.1 Å². The monoisotopic (exact) mass is 475 g/mol. The molecule has 3 aromatic rings. The number of carbonyl (C=O) groups excluding carboxylic acids is 1. The number of rotatable bonds is 9. The fourth-order valence-corrected chi connectivity index (χ4v) is 3.10. The van der Waals surface area contributed by atoms with Gasteiger partial charge in [-0.3, -0.25) is 10.1 Å². The van der Waals surface area contributed by atoms with Gasteiger partial charge in [0.15, 0.2) is 11.5 Å². The predicted molar refractivity (Wildman–Crippen MR) is 115 cm³/mol. The molecule has 1 heterocycles. The van der Waals surface area contributed by atoms with Crippen molar-refractivity contribution in [2.24, 2.45) is 0 Å². The van der Waals surface area contributed by atoms with Crippen LogP contribution in [0, 0.1) is 0 Å². The molecule has 2 aromatic carbocycles. The van der Waals surface area contributed by atoms with Crippen LogP contribution < -0.4 is 19.5 Å². The van der Waals surface area contributed by atoms with Crippen LogP contribution in [0.5, 0.6) is 17.2 Å². The number of carbonyl (C=O) groups is 1. The zero-order valence-corrected chi connectivity index (χ0v) is 18.5. The summed E-state index contributed by atoms with van der Waals surface area (Å²) in [6, 6.07) is 10.6. The molecule has 1 amide bonds. The average Bonchev–Trinajstić information content (AvgIpc) is 3.19. The molecule has 1 aromatic heterocycles. The lowest BCUT2D eigenvalue weighted by Crippen LogP contribution is -2.13. The number of nitrogens with one attached hydrogen (secondary N) is 1. The van der Waals surface area contributed by atoms with Gasteiger partial charge in [0.25, 0.3) is 5.91 Å². The zero-order chi connectivity index (χ0) is 21.5. The minimum Gasteiger partial charge on any atom is -0.490 e. The van der Waals surface area contributed by atoms with E-state index in [1.807, 2.05) is 45.0 Å². The third-order valence-electron chi connectivity index (χ3n) is 3.89. The Hall–Kier alpha value is -3.07. The molecule has 8 nitrogen and oxygen atoms in total. The van der Waals surface area contributed by atoms with E-state index in [4.69, 9.17) is 18.6 Å². The van der Waals surface area contributed by atoms with Gasteiger partial charge in [0.05, 0.1) is 19.8 Å². The van der Waals surface area contributed by atoms with Gasteiger partial charge in [0.2, 0.25) is 11.6 Å². The number of aromatic nitrogens is 2. The van der Waals surface area contributed by atoms with E-state index in [0.29, 0.717) is 48.5 Å². The molecule has 0 aliphatic rings. The van der Waals surface area contributed by atoms with Crippen LogP contribution in [-0.2, 0) is 0 Å². The van der Waals surface area contributed by atoms with Gasteiger partial charge < -0.3 is 18.6 Å². The summed E-state index contributed by atoms with van der Waals surface area (Å²) in [6.07, 6.45) is 0. The number of anilines is 1. The maximum Gasteiger partial charge on any atom is 0.322 e. The smallest absolute Gasteiger partial charge is 0.322 e. The molecule has 3 rings (SSSR count). The highest BCUT2D eigenvalue weighted by atomic mass is 79.9. The molecule has 9 heteroatoms. The van der Waals surface area contributed by atoms with Crippen LogP contribution in [0.1, 0.15) is 31.1 Å². The Labute approximate surface area is 182 Å². The summed E-state index contributed by atoms with van der Waals surface area (Å²) >= 11 is 3.40. The molecular formula is C21H22BrN3O5. The van der Waals surface area contributed by atoms with Gasteiger partial charge in [-0.05, 0) is 51.1 Å². The lowest BCUT2D eigenvalue weighted by Gasteiger charge is -2.16. The third kappa shape index (κ3) is 5.10. The normalized spacial score (nSPS) is 10.5. The fraction of sp³-hybridized carbons (Fsp3) is 0.286. The summed E-state index contributed by atoms with van der Waals surface area (Å²) < 4.78 is 23.4. The van der Waals surface area contributed by atoms with E-state index in [2.05, 4.69) is 31.4 Å². The molecule has 0 fully saturated rings. The van der Waals surface area contributed by atoms with Crippen molar-refractivity contribution >= 4 is 27.9 Å². The largest absolute Gasteiger partial charge is 0.490 e. The molecule has 0 aliphatic carbocycles. The van der Waals surface area contributed by atoms with Crippen molar-refractivity contribution in [1.29, 1.82) is 0 Å². The second kappa shape index (κ2) is 10.1. The van der Waals surface area contributed by atoms with Crippen molar-refractivity contribution in [2.45, 2.75) is 20.8 Å². The zero-order valence-electron chi connectivity index (χ0n) is 16.9. The number of benzene rings is 2. The first-order valence-corrected chi connectivity index (χ1v) is 10.3. The fourth-order valence-electron chi connectivity index (χ4n) is 2.70. The highest BCUT2D eigenvalue weighted by molar-refractivity contribution is 9.10. The maximum absolute atomic E-state index is 12.8. The topological polar surface area (TPSA) is 95.7 Å². The quantitative estimate of drug-likeness (QED) is 0.467. The first-order chi connectivity index (χ1) is 14.5. The van der Waals surface area contributed by atoms with Crippen molar-refractivity contribution in [1.82, 2.24) is 10.2 Å². The number of hydrogen-bond acceptors (Lipinski definition) is 7. The van der Waals surface area contributed by atoms with Crippen LogP contribution in [0.15, 0.2) is 45.3 Å². The van der Waals surface area contributed by atoms with Gasteiger partial charge in [-0.2, -0.15) is 0 Å². The standard InChI is InChI=1S/C21H22BrN3O5/c1-4-27-16-11-14(12-17(28-5-2)18(16)29-6-3)19(26)23-21-25-24-20(30-21)13-8-7-9-15(22)10-13/h7-12H,4-6H2,1-3H3,(H,23,25,26). The number of halogens is 1. The van der Waals surface area contributed by atoms with Crippen LogP contribution in [0.25, 0.3) is 11.5 Å². The summed E-state index contributed by atoms with van der Waals surface area (Å²) in [5, 5.41) is 10.5. The second-order valence-corrected chi connectivity index (χ2v) is 6.89. The van der Waals surface area contributed by atoms with Gasteiger partial charge in [0.1, 0.15) is 0 Å². The molecule has 158 valence electrons. The van der Waals surface area contributed by atoms with Crippen LogP contribution in [0.3, 0.4) is 0 Å². The number of ether oxygens (including phenoxy) is 3. The second-order valence-electron chi connectivity index (χ2n) is 5.98.